The summed E-state index contributed by atoms with van der Waals surface area (Å²) in [6.07, 6.45) is 3.84. The maximum absolute atomic E-state index is 4.34. The van der Waals surface area contributed by atoms with Crippen molar-refractivity contribution >= 4 is 11.3 Å². The van der Waals surface area contributed by atoms with Gasteiger partial charge in [0.25, 0.3) is 0 Å². The molecule has 1 atom stereocenters. The lowest BCUT2D eigenvalue weighted by atomic mass is 9.93. The largest absolute Gasteiger partial charge is 0.310 e. The first-order valence-corrected chi connectivity index (χ1v) is 6.99. The number of nitrogens with one attached hydrogen (secondary N) is 1. The van der Waals surface area contributed by atoms with Crippen LogP contribution in [0.2, 0.25) is 0 Å². The van der Waals surface area contributed by atoms with E-state index >= 15 is 0 Å². The van der Waals surface area contributed by atoms with Crippen LogP contribution in [-0.4, -0.2) is 35.6 Å². The Bertz CT molecular complexity index is 304. The lowest BCUT2D eigenvalue weighted by Crippen LogP contribution is -2.48. The Hall–Kier alpha value is -0.450. The van der Waals surface area contributed by atoms with Gasteiger partial charge in [0.05, 0.1) is 11.2 Å². The lowest BCUT2D eigenvalue weighted by molar-refractivity contribution is 0.212. The van der Waals surface area contributed by atoms with Gasteiger partial charge in [-0.25, -0.2) is 4.98 Å². The average molecular weight is 239 g/mol. The normalized spacial score (nSPS) is 25.4. The van der Waals surface area contributed by atoms with Gasteiger partial charge in [-0.05, 0) is 32.9 Å². The summed E-state index contributed by atoms with van der Waals surface area (Å²) in [7, 11) is 2.19. The van der Waals surface area contributed by atoms with Gasteiger partial charge in [0.1, 0.15) is 0 Å². The van der Waals surface area contributed by atoms with Crippen LogP contribution in [0, 0.1) is 0 Å². The summed E-state index contributed by atoms with van der Waals surface area (Å²) >= 11 is 1.68. The molecule has 16 heavy (non-hydrogen) atoms. The zero-order valence-corrected chi connectivity index (χ0v) is 11.0. The second kappa shape index (κ2) is 5.25. The molecule has 1 N–H and O–H groups in total. The van der Waals surface area contributed by atoms with Crippen molar-refractivity contribution in [1.82, 2.24) is 15.2 Å². The molecule has 0 aromatic carbocycles. The molecule has 0 spiro atoms. The molecular weight excluding hydrogens is 218 g/mol. The van der Waals surface area contributed by atoms with Gasteiger partial charge in [0, 0.05) is 24.0 Å². The van der Waals surface area contributed by atoms with E-state index < -0.39 is 0 Å². The first-order valence-electron chi connectivity index (χ1n) is 6.05. The first kappa shape index (κ1) is 12.0. The van der Waals surface area contributed by atoms with Gasteiger partial charge in [-0.2, -0.15) is 0 Å². The van der Waals surface area contributed by atoms with Crippen LogP contribution in [0.5, 0.6) is 0 Å². The number of hydrogen-bond donors (Lipinski definition) is 1. The Morgan fingerprint density at radius 1 is 1.62 bits per heavy atom. The SMILES string of the molecule is CCC1(CN(C)Cc2cscn2)CCCN1. The number of rotatable bonds is 5. The highest BCUT2D eigenvalue weighted by molar-refractivity contribution is 7.07. The van der Waals surface area contributed by atoms with E-state index in [-0.39, 0.29) is 0 Å². The maximum atomic E-state index is 4.34. The van der Waals surface area contributed by atoms with E-state index in [0.29, 0.717) is 5.54 Å². The third-order valence-corrected chi connectivity index (χ3v) is 4.13. The molecule has 0 aliphatic carbocycles. The molecule has 1 aliphatic rings. The van der Waals surface area contributed by atoms with Crippen molar-refractivity contribution in [3.05, 3.63) is 16.6 Å². The summed E-state index contributed by atoms with van der Waals surface area (Å²) in [4.78, 5) is 6.72. The zero-order valence-electron chi connectivity index (χ0n) is 10.2. The van der Waals surface area contributed by atoms with E-state index in [0.717, 1.165) is 13.1 Å². The van der Waals surface area contributed by atoms with Crippen molar-refractivity contribution in [3.8, 4) is 0 Å². The number of thiazole rings is 1. The maximum Gasteiger partial charge on any atom is 0.0795 e. The highest BCUT2D eigenvalue weighted by Gasteiger charge is 2.32. The molecule has 1 aromatic rings. The molecule has 1 fully saturated rings. The second-order valence-corrected chi connectivity index (χ2v) is 5.53. The summed E-state index contributed by atoms with van der Waals surface area (Å²) in [5.74, 6) is 0. The van der Waals surface area contributed by atoms with Crippen LogP contribution in [0.1, 0.15) is 31.9 Å². The Morgan fingerprint density at radius 2 is 2.50 bits per heavy atom. The predicted octanol–water partition coefficient (Wildman–Crippen LogP) is 2.11. The molecule has 0 amide bonds. The fraction of sp³-hybridized carbons (Fsp3) is 0.750. The van der Waals surface area contributed by atoms with Gasteiger partial charge in [-0.15, -0.1) is 11.3 Å². The van der Waals surface area contributed by atoms with Crippen molar-refractivity contribution in [3.63, 3.8) is 0 Å². The standard InChI is InChI=1S/C12H21N3S/c1-3-12(5-4-6-14-12)9-15(2)7-11-8-16-10-13-11/h8,10,14H,3-7,9H2,1-2H3. The molecule has 1 saturated heterocycles. The van der Waals surface area contributed by atoms with Crippen LogP contribution in [0.3, 0.4) is 0 Å². The predicted molar refractivity (Wildman–Crippen MR) is 68.7 cm³/mol. The topological polar surface area (TPSA) is 28.2 Å². The van der Waals surface area contributed by atoms with E-state index in [2.05, 4.69) is 34.6 Å². The minimum absolute atomic E-state index is 0.352. The molecule has 2 heterocycles. The number of nitrogens with zero attached hydrogens (tertiary/aromatic N) is 2. The summed E-state index contributed by atoms with van der Waals surface area (Å²) in [5.41, 5.74) is 3.45. The third-order valence-electron chi connectivity index (χ3n) is 3.50. The fourth-order valence-corrected chi connectivity index (χ4v) is 3.13. The Morgan fingerprint density at radius 3 is 3.06 bits per heavy atom. The van der Waals surface area contributed by atoms with E-state index in [9.17, 15) is 0 Å². The van der Waals surface area contributed by atoms with Crippen molar-refractivity contribution in [2.24, 2.45) is 0 Å². The van der Waals surface area contributed by atoms with Gasteiger partial charge >= 0.3 is 0 Å². The van der Waals surface area contributed by atoms with Gasteiger partial charge in [0.15, 0.2) is 0 Å². The summed E-state index contributed by atoms with van der Waals surface area (Å²) < 4.78 is 0. The lowest BCUT2D eigenvalue weighted by Gasteiger charge is -2.32. The molecule has 0 bridgehead atoms. The average Bonchev–Trinajstić information content (AvgIpc) is 2.90. The summed E-state index contributed by atoms with van der Waals surface area (Å²) in [6, 6.07) is 0. The Kier molecular flexibility index (Phi) is 3.95. The minimum Gasteiger partial charge on any atom is -0.310 e. The monoisotopic (exact) mass is 239 g/mol. The third kappa shape index (κ3) is 2.81. The van der Waals surface area contributed by atoms with Crippen LogP contribution >= 0.6 is 11.3 Å². The van der Waals surface area contributed by atoms with E-state index in [1.165, 1.54) is 31.5 Å². The van der Waals surface area contributed by atoms with Gasteiger partial charge in [0.2, 0.25) is 0 Å². The smallest absolute Gasteiger partial charge is 0.0795 e. The van der Waals surface area contributed by atoms with Crippen molar-refractivity contribution < 1.29 is 0 Å². The van der Waals surface area contributed by atoms with Gasteiger partial charge < -0.3 is 5.32 Å². The first-order chi connectivity index (χ1) is 7.74. The quantitative estimate of drug-likeness (QED) is 0.853. The Balaban J connectivity index is 1.88. The molecule has 90 valence electrons. The van der Waals surface area contributed by atoms with Crippen LogP contribution in [0.25, 0.3) is 0 Å². The summed E-state index contributed by atoms with van der Waals surface area (Å²) in [5, 5.41) is 5.81. The molecule has 0 saturated carbocycles. The molecular formula is C12H21N3S. The molecule has 2 rings (SSSR count). The second-order valence-electron chi connectivity index (χ2n) is 4.82. The van der Waals surface area contributed by atoms with Crippen LogP contribution in [0.15, 0.2) is 10.9 Å². The van der Waals surface area contributed by atoms with Crippen molar-refractivity contribution in [1.29, 1.82) is 0 Å². The highest BCUT2D eigenvalue weighted by atomic mass is 32.1. The molecule has 1 aromatic heterocycles. The van der Waals surface area contributed by atoms with Crippen molar-refractivity contribution in [2.45, 2.75) is 38.3 Å². The van der Waals surface area contributed by atoms with E-state index in [1.807, 2.05) is 5.51 Å². The number of likely N-dealkylation sites (N-methyl/N-ethyl adjacent to an activating group) is 1. The van der Waals surface area contributed by atoms with E-state index in [1.54, 1.807) is 11.3 Å². The zero-order chi connectivity index (χ0) is 11.4. The number of hydrogen-bond acceptors (Lipinski definition) is 4. The summed E-state index contributed by atoms with van der Waals surface area (Å²) in [6.45, 7) is 5.56. The molecule has 1 aliphatic heterocycles. The highest BCUT2D eigenvalue weighted by Crippen LogP contribution is 2.24. The van der Waals surface area contributed by atoms with Crippen LogP contribution in [0.4, 0.5) is 0 Å². The molecule has 4 heteroatoms. The number of aromatic nitrogens is 1. The fourth-order valence-electron chi connectivity index (χ4n) is 2.58. The van der Waals surface area contributed by atoms with E-state index in [4.69, 9.17) is 0 Å². The van der Waals surface area contributed by atoms with Gasteiger partial charge in [-0.3, -0.25) is 4.90 Å². The van der Waals surface area contributed by atoms with Crippen molar-refractivity contribution in [2.75, 3.05) is 20.1 Å². The van der Waals surface area contributed by atoms with Crippen LogP contribution < -0.4 is 5.32 Å². The Labute approximate surface area is 102 Å². The molecule has 1 unspecified atom stereocenters. The minimum atomic E-state index is 0.352. The molecule has 3 nitrogen and oxygen atoms in total. The van der Waals surface area contributed by atoms with Gasteiger partial charge in [-0.1, -0.05) is 6.92 Å². The molecule has 0 radical (unpaired) electrons. The van der Waals surface area contributed by atoms with Crippen LogP contribution in [-0.2, 0) is 6.54 Å².